The second-order valence-electron chi connectivity index (χ2n) is 7.56. The Morgan fingerprint density at radius 2 is 1.69 bits per heavy atom. The van der Waals surface area contributed by atoms with E-state index in [-0.39, 0.29) is 6.10 Å². The van der Waals surface area contributed by atoms with Gasteiger partial charge in [0.1, 0.15) is 5.69 Å². The van der Waals surface area contributed by atoms with E-state index in [1.807, 2.05) is 24.4 Å². The molecule has 2 aliphatic rings. The zero-order valence-corrected chi connectivity index (χ0v) is 16.2. The first kappa shape index (κ1) is 18.1. The molecular weight excluding hydrogens is 368 g/mol. The molecule has 0 spiro atoms. The van der Waals surface area contributed by atoms with E-state index in [0.29, 0.717) is 11.7 Å². The second-order valence-corrected chi connectivity index (χ2v) is 7.56. The Labute approximate surface area is 169 Å². The van der Waals surface area contributed by atoms with Crippen molar-refractivity contribution in [2.75, 3.05) is 36.0 Å². The first-order valence-corrected chi connectivity index (χ1v) is 10.2. The van der Waals surface area contributed by atoms with Gasteiger partial charge in [0, 0.05) is 44.1 Å². The van der Waals surface area contributed by atoms with Gasteiger partial charge in [0.05, 0.1) is 18.1 Å². The summed E-state index contributed by atoms with van der Waals surface area (Å²) in [7, 11) is 0. The Morgan fingerprint density at radius 3 is 2.45 bits per heavy atom. The van der Waals surface area contributed by atoms with E-state index in [2.05, 4.69) is 19.8 Å². The smallest absolute Gasteiger partial charge is 0.226 e. The summed E-state index contributed by atoms with van der Waals surface area (Å²) in [5, 5.41) is 9.79. The van der Waals surface area contributed by atoms with E-state index >= 15 is 0 Å². The molecule has 0 bridgehead atoms. The van der Waals surface area contributed by atoms with Crippen molar-refractivity contribution < 1.29 is 9.52 Å². The average molecular weight is 392 g/mol. The Morgan fingerprint density at radius 1 is 0.931 bits per heavy atom. The number of anilines is 2. The third-order valence-electron chi connectivity index (χ3n) is 5.59. The Balaban J connectivity index is 1.53. The van der Waals surface area contributed by atoms with Crippen molar-refractivity contribution >= 4 is 11.9 Å². The summed E-state index contributed by atoms with van der Waals surface area (Å²) in [4.78, 5) is 23.0. The molecule has 0 amide bonds. The van der Waals surface area contributed by atoms with Crippen LogP contribution in [0.5, 0.6) is 0 Å². The van der Waals surface area contributed by atoms with Gasteiger partial charge in [-0.2, -0.15) is 0 Å². The Bertz CT molecular complexity index is 963. The van der Waals surface area contributed by atoms with Gasteiger partial charge in [-0.25, -0.2) is 19.9 Å². The molecule has 1 N–H and O–H groups in total. The number of aliphatic hydroxyl groups is 1. The average Bonchev–Trinajstić information content (AvgIpc) is 3.48. The van der Waals surface area contributed by atoms with Crippen LogP contribution in [0.4, 0.5) is 11.9 Å². The lowest BCUT2D eigenvalue weighted by Gasteiger charge is -2.29. The van der Waals surface area contributed by atoms with Crippen LogP contribution in [0.15, 0.2) is 41.3 Å². The molecule has 5 rings (SSSR count). The summed E-state index contributed by atoms with van der Waals surface area (Å²) in [5.74, 6) is 2.09. The Kier molecular flexibility index (Phi) is 4.85. The van der Waals surface area contributed by atoms with Crippen LogP contribution in [0.3, 0.4) is 0 Å². The van der Waals surface area contributed by atoms with Gasteiger partial charge in [-0.05, 0) is 43.9 Å². The topological polar surface area (TPSA) is 91.4 Å². The maximum absolute atomic E-state index is 9.79. The van der Waals surface area contributed by atoms with E-state index in [0.717, 1.165) is 61.9 Å². The van der Waals surface area contributed by atoms with Crippen molar-refractivity contribution in [3.8, 4) is 22.7 Å². The molecule has 150 valence electrons. The summed E-state index contributed by atoms with van der Waals surface area (Å²) < 4.78 is 5.67. The van der Waals surface area contributed by atoms with Gasteiger partial charge < -0.3 is 19.3 Å². The normalized spacial score (nSPS) is 17.8. The van der Waals surface area contributed by atoms with E-state index in [4.69, 9.17) is 14.4 Å². The molecule has 5 heterocycles. The first-order chi connectivity index (χ1) is 14.3. The molecule has 3 aromatic rings. The molecule has 2 fully saturated rings. The predicted octanol–water partition coefficient (Wildman–Crippen LogP) is 2.75. The minimum atomic E-state index is -0.236. The molecule has 29 heavy (non-hydrogen) atoms. The fraction of sp³-hybridized carbons (Fsp3) is 0.429. The van der Waals surface area contributed by atoms with Crippen molar-refractivity contribution in [3.05, 3.63) is 36.9 Å². The lowest BCUT2D eigenvalue weighted by atomic mass is 10.1. The van der Waals surface area contributed by atoms with Gasteiger partial charge in [0.2, 0.25) is 11.9 Å². The molecule has 8 nitrogen and oxygen atoms in total. The minimum Gasteiger partial charge on any atom is -0.463 e. The quantitative estimate of drug-likeness (QED) is 0.725. The second kappa shape index (κ2) is 7.79. The summed E-state index contributed by atoms with van der Waals surface area (Å²) in [6, 6.07) is 5.65. The summed E-state index contributed by atoms with van der Waals surface area (Å²) >= 11 is 0. The molecule has 0 aliphatic carbocycles. The first-order valence-electron chi connectivity index (χ1n) is 10.2. The molecule has 0 unspecified atom stereocenters. The molecule has 2 aliphatic heterocycles. The highest BCUT2D eigenvalue weighted by Gasteiger charge is 2.23. The minimum absolute atomic E-state index is 0.236. The number of hydrogen-bond acceptors (Lipinski definition) is 8. The van der Waals surface area contributed by atoms with Crippen LogP contribution >= 0.6 is 0 Å². The highest BCUT2D eigenvalue weighted by molar-refractivity contribution is 5.77. The molecular formula is C21H24N6O2. The van der Waals surface area contributed by atoms with Crippen LogP contribution in [0.25, 0.3) is 22.7 Å². The van der Waals surface area contributed by atoms with Crippen LogP contribution in [-0.4, -0.2) is 57.3 Å². The largest absolute Gasteiger partial charge is 0.463 e. The fourth-order valence-corrected chi connectivity index (χ4v) is 3.95. The number of aliphatic hydroxyl groups excluding tert-OH is 1. The molecule has 0 atom stereocenters. The summed E-state index contributed by atoms with van der Waals surface area (Å²) in [5.41, 5.74) is 2.33. The summed E-state index contributed by atoms with van der Waals surface area (Å²) in [6.45, 7) is 3.46. The number of nitrogens with zero attached hydrogens (tertiary/aromatic N) is 6. The lowest BCUT2D eigenvalue weighted by molar-refractivity contribution is 0.145. The maximum Gasteiger partial charge on any atom is 0.226 e. The Hall–Kier alpha value is -3.00. The molecule has 8 heteroatoms. The molecule has 2 saturated heterocycles. The molecule has 3 aromatic heterocycles. The zero-order chi connectivity index (χ0) is 19.6. The maximum atomic E-state index is 9.79. The van der Waals surface area contributed by atoms with E-state index in [1.165, 1.54) is 12.8 Å². The van der Waals surface area contributed by atoms with Crippen molar-refractivity contribution in [1.82, 2.24) is 19.9 Å². The molecule has 0 aromatic carbocycles. The molecule has 0 saturated carbocycles. The predicted molar refractivity (Wildman–Crippen MR) is 110 cm³/mol. The van der Waals surface area contributed by atoms with Crippen LogP contribution in [-0.2, 0) is 0 Å². The monoisotopic (exact) mass is 392 g/mol. The van der Waals surface area contributed by atoms with E-state index in [9.17, 15) is 5.11 Å². The fourth-order valence-electron chi connectivity index (χ4n) is 3.95. The van der Waals surface area contributed by atoms with Crippen LogP contribution < -0.4 is 9.80 Å². The third kappa shape index (κ3) is 3.67. The van der Waals surface area contributed by atoms with Gasteiger partial charge in [-0.1, -0.05) is 0 Å². The molecule has 0 radical (unpaired) electrons. The summed E-state index contributed by atoms with van der Waals surface area (Å²) in [6.07, 6.45) is 8.83. The number of rotatable bonds is 4. The van der Waals surface area contributed by atoms with Crippen molar-refractivity contribution in [2.24, 2.45) is 0 Å². The van der Waals surface area contributed by atoms with Gasteiger partial charge in [0.25, 0.3) is 0 Å². The standard InChI is InChI=1S/C21H24N6O2/c28-15-6-11-27(12-7-15)21-23-14-16(19(25-21)18-4-3-13-29-18)17-5-8-22-20(24-17)26-9-1-2-10-26/h3-5,8,13-15,28H,1-2,6-7,9-12H2. The van der Waals surface area contributed by atoms with Crippen molar-refractivity contribution in [2.45, 2.75) is 31.8 Å². The van der Waals surface area contributed by atoms with E-state index < -0.39 is 0 Å². The SMILES string of the molecule is OC1CCN(c2ncc(-c3ccnc(N4CCCC4)n3)c(-c3ccco3)n2)CC1. The van der Waals surface area contributed by atoms with Gasteiger partial charge >= 0.3 is 0 Å². The highest BCUT2D eigenvalue weighted by atomic mass is 16.3. The zero-order valence-electron chi connectivity index (χ0n) is 16.2. The highest BCUT2D eigenvalue weighted by Crippen LogP contribution is 2.32. The van der Waals surface area contributed by atoms with Crippen LogP contribution in [0.2, 0.25) is 0 Å². The lowest BCUT2D eigenvalue weighted by Crippen LogP contribution is -2.36. The van der Waals surface area contributed by atoms with E-state index in [1.54, 1.807) is 12.5 Å². The van der Waals surface area contributed by atoms with Gasteiger partial charge in [0.15, 0.2) is 5.76 Å². The number of piperidine rings is 1. The van der Waals surface area contributed by atoms with Crippen molar-refractivity contribution in [1.29, 1.82) is 0 Å². The number of furan rings is 1. The third-order valence-corrected chi connectivity index (χ3v) is 5.59. The van der Waals surface area contributed by atoms with Gasteiger partial charge in [-0.3, -0.25) is 0 Å². The van der Waals surface area contributed by atoms with Crippen LogP contribution in [0.1, 0.15) is 25.7 Å². The van der Waals surface area contributed by atoms with Crippen LogP contribution in [0, 0.1) is 0 Å². The van der Waals surface area contributed by atoms with Gasteiger partial charge in [-0.15, -0.1) is 0 Å². The van der Waals surface area contributed by atoms with Crippen molar-refractivity contribution in [3.63, 3.8) is 0 Å². The number of hydrogen-bond donors (Lipinski definition) is 1. The number of aromatic nitrogens is 4.